The number of unbranched alkanes of at least 4 members (excludes halogenated alkanes) is 3. The molecule has 7 heteroatoms. The minimum absolute atomic E-state index is 0.0833. The molecule has 1 aliphatic heterocycles. The first-order valence-corrected chi connectivity index (χ1v) is 12.3. The Morgan fingerprint density at radius 3 is 2.41 bits per heavy atom. The summed E-state index contributed by atoms with van der Waals surface area (Å²) < 4.78 is 0. The van der Waals surface area contributed by atoms with Gasteiger partial charge in [0.25, 0.3) is 0 Å². The second-order valence-electron chi connectivity index (χ2n) is 9.01. The molecule has 0 radical (unpaired) electrons. The molecule has 0 unspecified atom stereocenters. The SMILES string of the molecule is O=C(CCCCCCN(C(=O)N1CCCCC1)c1ccc(-c2ccc3cc[nH]c3c2)cc1)NO. The van der Waals surface area contributed by atoms with Gasteiger partial charge in [0.05, 0.1) is 0 Å². The van der Waals surface area contributed by atoms with Crippen molar-refractivity contribution in [3.05, 3.63) is 54.7 Å². The van der Waals surface area contributed by atoms with Gasteiger partial charge in [0.1, 0.15) is 0 Å². The summed E-state index contributed by atoms with van der Waals surface area (Å²) in [6.45, 7) is 2.29. The molecule has 1 aromatic heterocycles. The van der Waals surface area contributed by atoms with Gasteiger partial charge in [0.2, 0.25) is 5.91 Å². The normalized spacial score (nSPS) is 13.7. The van der Waals surface area contributed by atoms with Crippen LogP contribution in [-0.2, 0) is 4.79 Å². The molecule has 0 aliphatic carbocycles. The van der Waals surface area contributed by atoms with Gasteiger partial charge in [-0.25, -0.2) is 10.3 Å². The van der Waals surface area contributed by atoms with Gasteiger partial charge in [0, 0.05) is 43.5 Å². The topological polar surface area (TPSA) is 88.7 Å². The molecule has 3 aromatic rings. The van der Waals surface area contributed by atoms with Crippen LogP contribution in [0.15, 0.2) is 54.7 Å². The summed E-state index contributed by atoms with van der Waals surface area (Å²) in [6.07, 6.45) is 8.99. The highest BCUT2D eigenvalue weighted by Crippen LogP contribution is 2.27. The van der Waals surface area contributed by atoms with Gasteiger partial charge in [-0.1, -0.05) is 37.1 Å². The molecule has 7 nitrogen and oxygen atoms in total. The Morgan fingerprint density at radius 1 is 0.912 bits per heavy atom. The maximum absolute atomic E-state index is 13.4. The van der Waals surface area contributed by atoms with Crippen molar-refractivity contribution in [2.45, 2.75) is 51.4 Å². The molecule has 3 N–H and O–H groups in total. The van der Waals surface area contributed by atoms with Crippen LogP contribution in [0.5, 0.6) is 0 Å². The Hall–Kier alpha value is -3.32. The van der Waals surface area contributed by atoms with E-state index in [0.717, 1.165) is 73.9 Å². The highest BCUT2D eigenvalue weighted by atomic mass is 16.5. The molecule has 0 spiro atoms. The summed E-state index contributed by atoms with van der Waals surface area (Å²) in [7, 11) is 0. The summed E-state index contributed by atoms with van der Waals surface area (Å²) in [5.74, 6) is -0.350. The van der Waals surface area contributed by atoms with Gasteiger partial charge >= 0.3 is 6.03 Å². The van der Waals surface area contributed by atoms with Crippen LogP contribution >= 0.6 is 0 Å². The van der Waals surface area contributed by atoms with E-state index in [9.17, 15) is 9.59 Å². The van der Waals surface area contributed by atoms with E-state index in [1.807, 2.05) is 28.1 Å². The third-order valence-corrected chi connectivity index (χ3v) is 6.59. The molecule has 1 aliphatic rings. The summed E-state index contributed by atoms with van der Waals surface area (Å²) in [4.78, 5) is 31.7. The molecule has 4 rings (SSSR count). The molecule has 0 saturated carbocycles. The van der Waals surface area contributed by atoms with Crippen molar-refractivity contribution in [3.8, 4) is 11.1 Å². The number of benzene rings is 2. The first-order chi connectivity index (χ1) is 16.7. The lowest BCUT2D eigenvalue weighted by Gasteiger charge is -2.33. The number of hydrogen-bond donors (Lipinski definition) is 3. The minimum Gasteiger partial charge on any atom is -0.361 e. The highest BCUT2D eigenvalue weighted by molar-refractivity contribution is 5.92. The third kappa shape index (κ3) is 5.97. The van der Waals surface area contributed by atoms with E-state index in [1.165, 1.54) is 11.8 Å². The zero-order valence-corrected chi connectivity index (χ0v) is 19.6. The Bertz CT molecular complexity index is 1090. The van der Waals surface area contributed by atoms with Crippen LogP contribution in [0.25, 0.3) is 22.0 Å². The number of fused-ring (bicyclic) bond motifs is 1. The zero-order valence-electron chi connectivity index (χ0n) is 19.6. The minimum atomic E-state index is -0.350. The summed E-state index contributed by atoms with van der Waals surface area (Å²) in [5, 5.41) is 9.79. The molecule has 1 fully saturated rings. The van der Waals surface area contributed by atoms with Gasteiger partial charge in [0.15, 0.2) is 0 Å². The fraction of sp³-hybridized carbons (Fsp3) is 0.407. The lowest BCUT2D eigenvalue weighted by atomic mass is 10.0. The van der Waals surface area contributed by atoms with Crippen molar-refractivity contribution in [2.75, 3.05) is 24.5 Å². The van der Waals surface area contributed by atoms with E-state index in [0.29, 0.717) is 13.0 Å². The number of anilines is 1. The number of hydroxylamine groups is 1. The van der Waals surface area contributed by atoms with Gasteiger partial charge in [-0.05, 0) is 72.9 Å². The molecule has 0 bridgehead atoms. The fourth-order valence-corrected chi connectivity index (χ4v) is 4.62. The number of urea groups is 1. The molecule has 1 saturated heterocycles. The van der Waals surface area contributed by atoms with Gasteiger partial charge in [-0.2, -0.15) is 0 Å². The number of H-pyrrole nitrogens is 1. The van der Waals surface area contributed by atoms with Crippen molar-refractivity contribution >= 4 is 28.5 Å². The Kier molecular flexibility index (Phi) is 8.20. The predicted octanol–water partition coefficient (Wildman–Crippen LogP) is 5.70. The maximum atomic E-state index is 13.4. The second kappa shape index (κ2) is 11.7. The molecule has 0 atom stereocenters. The lowest BCUT2D eigenvalue weighted by molar-refractivity contribution is -0.129. The van der Waals surface area contributed by atoms with E-state index in [-0.39, 0.29) is 11.9 Å². The number of nitrogens with one attached hydrogen (secondary N) is 2. The quantitative estimate of drug-likeness (QED) is 0.216. The Morgan fingerprint density at radius 2 is 1.65 bits per heavy atom. The van der Waals surface area contributed by atoms with E-state index in [2.05, 4.69) is 41.4 Å². The van der Waals surface area contributed by atoms with E-state index in [1.54, 1.807) is 5.48 Å². The molecule has 34 heavy (non-hydrogen) atoms. The number of nitrogens with zero attached hydrogens (tertiary/aromatic N) is 2. The number of carbonyl (C=O) groups excluding carboxylic acids is 2. The van der Waals surface area contributed by atoms with Crippen molar-refractivity contribution < 1.29 is 14.8 Å². The monoisotopic (exact) mass is 462 g/mol. The first-order valence-electron chi connectivity index (χ1n) is 12.3. The van der Waals surface area contributed by atoms with Crippen LogP contribution in [0.2, 0.25) is 0 Å². The van der Waals surface area contributed by atoms with Crippen molar-refractivity contribution in [1.82, 2.24) is 15.4 Å². The largest absolute Gasteiger partial charge is 0.361 e. The van der Waals surface area contributed by atoms with Crippen LogP contribution in [0, 0.1) is 0 Å². The first kappa shape index (κ1) is 23.8. The van der Waals surface area contributed by atoms with Crippen LogP contribution in [0.4, 0.5) is 10.5 Å². The number of rotatable bonds is 9. The van der Waals surface area contributed by atoms with Crippen LogP contribution < -0.4 is 10.4 Å². The number of carbonyl (C=O) groups is 2. The smallest absolute Gasteiger partial charge is 0.324 e. The summed E-state index contributed by atoms with van der Waals surface area (Å²) in [6, 6.07) is 16.8. The third-order valence-electron chi connectivity index (χ3n) is 6.59. The molecule has 180 valence electrons. The number of aromatic nitrogens is 1. The number of aromatic amines is 1. The number of piperidine rings is 1. The summed E-state index contributed by atoms with van der Waals surface area (Å²) in [5.41, 5.74) is 5.96. The van der Waals surface area contributed by atoms with Crippen LogP contribution in [0.3, 0.4) is 0 Å². The summed E-state index contributed by atoms with van der Waals surface area (Å²) >= 11 is 0. The molecular formula is C27H34N4O3. The van der Waals surface area contributed by atoms with E-state index in [4.69, 9.17) is 5.21 Å². The standard InChI is InChI=1S/C27H34N4O3/c32-26(29-34)8-4-1-2-7-19-31(27(33)30-17-5-3-6-18-30)24-13-11-21(12-14-24)23-10-9-22-15-16-28-25(22)20-23/h9-16,20,28,34H,1-8,17-19H2,(H,29,32). The highest BCUT2D eigenvalue weighted by Gasteiger charge is 2.23. The molecule has 2 aromatic carbocycles. The number of likely N-dealkylation sites (tertiary alicyclic amines) is 1. The number of hydrogen-bond acceptors (Lipinski definition) is 3. The Balaban J connectivity index is 1.43. The lowest BCUT2D eigenvalue weighted by Crippen LogP contribution is -2.46. The van der Waals surface area contributed by atoms with Crippen LogP contribution in [0.1, 0.15) is 51.4 Å². The fourth-order valence-electron chi connectivity index (χ4n) is 4.62. The van der Waals surface area contributed by atoms with E-state index < -0.39 is 0 Å². The average Bonchev–Trinajstić information content (AvgIpc) is 3.36. The second-order valence-corrected chi connectivity index (χ2v) is 9.01. The predicted molar refractivity (Wildman–Crippen MR) is 135 cm³/mol. The maximum Gasteiger partial charge on any atom is 0.324 e. The molecule has 3 amide bonds. The van der Waals surface area contributed by atoms with Crippen LogP contribution in [-0.4, -0.2) is 46.7 Å². The Labute approximate surface area is 200 Å². The molecule has 2 heterocycles. The van der Waals surface area contributed by atoms with Crippen molar-refractivity contribution in [2.24, 2.45) is 0 Å². The zero-order chi connectivity index (χ0) is 23.8. The number of amides is 3. The van der Waals surface area contributed by atoms with Crippen molar-refractivity contribution in [1.29, 1.82) is 0 Å². The van der Waals surface area contributed by atoms with Gasteiger partial charge in [-0.15, -0.1) is 0 Å². The van der Waals surface area contributed by atoms with Crippen molar-refractivity contribution in [3.63, 3.8) is 0 Å². The average molecular weight is 463 g/mol. The van der Waals surface area contributed by atoms with Gasteiger partial charge in [-0.3, -0.25) is 14.9 Å². The van der Waals surface area contributed by atoms with E-state index >= 15 is 0 Å². The molecular weight excluding hydrogens is 428 g/mol. The van der Waals surface area contributed by atoms with Gasteiger partial charge < -0.3 is 9.88 Å².